The van der Waals surface area contributed by atoms with Gasteiger partial charge in [-0.15, -0.1) is 0 Å². The molecule has 0 radical (unpaired) electrons. The molecule has 11 heteroatoms. The number of carbonyl (C=O) groups excluding carboxylic acids is 2. The lowest BCUT2D eigenvalue weighted by molar-refractivity contribution is -0.140. The maximum Gasteiger partial charge on any atom is 0.264 e. The summed E-state index contributed by atoms with van der Waals surface area (Å²) in [5.74, 6) is -1.93. The minimum absolute atomic E-state index is 0.0978. The molecular formula is C34H35F2N3O5S. The molecule has 236 valence electrons. The number of rotatable bonds is 14. The van der Waals surface area contributed by atoms with Crippen LogP contribution in [0.25, 0.3) is 0 Å². The molecule has 0 aliphatic carbocycles. The maximum absolute atomic E-state index is 14.9. The van der Waals surface area contributed by atoms with Crippen LogP contribution >= 0.6 is 0 Å². The molecule has 0 fully saturated rings. The number of nitrogens with one attached hydrogen (secondary N) is 1. The predicted molar refractivity (Wildman–Crippen MR) is 168 cm³/mol. The summed E-state index contributed by atoms with van der Waals surface area (Å²) in [6.45, 7) is 3.19. The molecule has 1 N–H and O–H groups in total. The van der Waals surface area contributed by atoms with Gasteiger partial charge in [0.05, 0.1) is 17.2 Å². The van der Waals surface area contributed by atoms with Gasteiger partial charge in [-0.3, -0.25) is 13.9 Å². The molecule has 0 aromatic heterocycles. The Hall–Kier alpha value is -4.77. The summed E-state index contributed by atoms with van der Waals surface area (Å²) in [4.78, 5) is 28.8. The fraction of sp³-hybridized carbons (Fsp3) is 0.235. The SMILES string of the molecule is CCNC(=O)C(Cc1ccccc1)N(Cc1ccccc1F)C(=O)CN(c1ccc(OCC)cc1)S(=O)(=O)c1ccc(F)cc1. The second kappa shape index (κ2) is 15.3. The van der Waals surface area contributed by atoms with Crippen LogP contribution in [-0.2, 0) is 32.6 Å². The first-order valence-corrected chi connectivity index (χ1v) is 15.9. The van der Waals surface area contributed by atoms with Crippen LogP contribution < -0.4 is 14.4 Å². The normalized spacial score (nSPS) is 11.8. The fourth-order valence-electron chi connectivity index (χ4n) is 4.79. The van der Waals surface area contributed by atoms with Gasteiger partial charge >= 0.3 is 0 Å². The number of carbonyl (C=O) groups is 2. The van der Waals surface area contributed by atoms with Crippen molar-refractivity contribution in [3.05, 3.63) is 126 Å². The Morgan fingerprint density at radius 3 is 2.11 bits per heavy atom. The van der Waals surface area contributed by atoms with Crippen molar-refractivity contribution in [2.24, 2.45) is 0 Å². The van der Waals surface area contributed by atoms with E-state index >= 15 is 0 Å². The summed E-state index contributed by atoms with van der Waals surface area (Å²) in [5, 5.41) is 2.76. The Kier molecular flexibility index (Phi) is 11.3. The molecule has 0 spiro atoms. The lowest BCUT2D eigenvalue weighted by Crippen LogP contribution is -2.53. The minimum Gasteiger partial charge on any atom is -0.494 e. The quantitative estimate of drug-likeness (QED) is 0.202. The summed E-state index contributed by atoms with van der Waals surface area (Å²) in [6.07, 6.45) is 0.0978. The van der Waals surface area contributed by atoms with Crippen LogP contribution in [0.2, 0.25) is 0 Å². The van der Waals surface area contributed by atoms with E-state index in [9.17, 15) is 26.8 Å². The summed E-state index contributed by atoms with van der Waals surface area (Å²) in [6, 6.07) is 24.2. The Morgan fingerprint density at radius 1 is 0.844 bits per heavy atom. The minimum atomic E-state index is -4.42. The molecule has 4 rings (SSSR count). The van der Waals surface area contributed by atoms with E-state index < -0.39 is 46.1 Å². The van der Waals surface area contributed by atoms with Gasteiger partial charge in [-0.25, -0.2) is 17.2 Å². The standard InChI is InChI=1S/C34H35F2N3O5S/c1-3-37-34(41)32(22-25-10-6-5-7-11-25)38(23-26-12-8-9-13-31(26)36)33(40)24-39(28-16-18-29(19-17-28)44-4-2)45(42,43)30-20-14-27(35)15-21-30/h5-21,32H,3-4,22-24H2,1-2H3,(H,37,41). The zero-order valence-corrected chi connectivity index (χ0v) is 25.8. The van der Waals surface area contributed by atoms with Crippen molar-refractivity contribution in [1.82, 2.24) is 10.2 Å². The fourth-order valence-corrected chi connectivity index (χ4v) is 6.21. The van der Waals surface area contributed by atoms with Crippen LogP contribution in [0.1, 0.15) is 25.0 Å². The highest BCUT2D eigenvalue weighted by molar-refractivity contribution is 7.92. The number of likely N-dealkylation sites (N-methyl/N-ethyl adjacent to an activating group) is 1. The second-order valence-electron chi connectivity index (χ2n) is 10.1. The number of hydrogen-bond acceptors (Lipinski definition) is 5. The largest absolute Gasteiger partial charge is 0.494 e. The second-order valence-corrected chi connectivity index (χ2v) is 12.0. The maximum atomic E-state index is 14.9. The Morgan fingerprint density at radius 2 is 1.49 bits per heavy atom. The van der Waals surface area contributed by atoms with Gasteiger partial charge in [0.15, 0.2) is 0 Å². The van der Waals surface area contributed by atoms with Crippen molar-refractivity contribution in [2.45, 2.75) is 37.8 Å². The topological polar surface area (TPSA) is 96.0 Å². The Labute approximate surface area is 262 Å². The molecule has 1 atom stereocenters. The number of amides is 2. The van der Waals surface area contributed by atoms with Gasteiger partial charge in [-0.05, 0) is 74.0 Å². The molecule has 0 aliphatic heterocycles. The van der Waals surface area contributed by atoms with E-state index in [2.05, 4.69) is 5.32 Å². The molecule has 8 nitrogen and oxygen atoms in total. The van der Waals surface area contributed by atoms with Crippen LogP contribution in [0.4, 0.5) is 14.5 Å². The first-order valence-electron chi connectivity index (χ1n) is 14.5. The summed E-state index contributed by atoms with van der Waals surface area (Å²) >= 11 is 0. The van der Waals surface area contributed by atoms with Crippen LogP contribution in [0.3, 0.4) is 0 Å². The van der Waals surface area contributed by atoms with Gasteiger partial charge in [-0.1, -0.05) is 48.5 Å². The molecule has 1 unspecified atom stereocenters. The molecular weight excluding hydrogens is 600 g/mol. The summed E-state index contributed by atoms with van der Waals surface area (Å²) in [5.41, 5.74) is 1.05. The van der Waals surface area contributed by atoms with Gasteiger partial charge < -0.3 is 15.0 Å². The van der Waals surface area contributed by atoms with E-state index in [0.717, 1.165) is 34.1 Å². The van der Waals surface area contributed by atoms with Crippen LogP contribution in [-0.4, -0.2) is 50.9 Å². The number of sulfonamides is 1. The number of halogens is 2. The van der Waals surface area contributed by atoms with E-state index in [1.165, 1.54) is 35.2 Å². The molecule has 45 heavy (non-hydrogen) atoms. The number of anilines is 1. The molecule has 2 amide bonds. The monoisotopic (exact) mass is 635 g/mol. The lowest BCUT2D eigenvalue weighted by atomic mass is 10.0. The summed E-state index contributed by atoms with van der Waals surface area (Å²) in [7, 11) is -4.42. The highest BCUT2D eigenvalue weighted by Crippen LogP contribution is 2.27. The zero-order valence-electron chi connectivity index (χ0n) is 25.0. The molecule has 0 heterocycles. The van der Waals surface area contributed by atoms with E-state index in [-0.39, 0.29) is 35.7 Å². The van der Waals surface area contributed by atoms with Gasteiger partial charge in [0.2, 0.25) is 11.8 Å². The lowest BCUT2D eigenvalue weighted by Gasteiger charge is -2.34. The Balaban J connectivity index is 1.80. The van der Waals surface area contributed by atoms with E-state index in [1.54, 1.807) is 37.3 Å². The highest BCUT2D eigenvalue weighted by Gasteiger charge is 2.35. The third kappa shape index (κ3) is 8.45. The van der Waals surface area contributed by atoms with Gasteiger partial charge in [-0.2, -0.15) is 0 Å². The highest BCUT2D eigenvalue weighted by atomic mass is 32.2. The molecule has 4 aromatic rings. The van der Waals surface area contributed by atoms with Crippen LogP contribution in [0, 0.1) is 11.6 Å². The van der Waals surface area contributed by atoms with Crippen molar-refractivity contribution in [3.8, 4) is 5.75 Å². The Bertz CT molecular complexity index is 1690. The third-order valence-corrected chi connectivity index (χ3v) is 8.82. The molecule has 0 aliphatic rings. The number of hydrogen-bond donors (Lipinski definition) is 1. The molecule has 0 saturated carbocycles. The van der Waals surface area contributed by atoms with Crippen LogP contribution in [0.5, 0.6) is 5.75 Å². The zero-order chi connectivity index (χ0) is 32.4. The average Bonchev–Trinajstić information content (AvgIpc) is 3.03. The molecule has 0 saturated heterocycles. The number of benzene rings is 4. The third-order valence-electron chi connectivity index (χ3n) is 7.04. The van der Waals surface area contributed by atoms with Gasteiger partial charge in [0.1, 0.15) is 30.0 Å². The number of nitrogens with zero attached hydrogens (tertiary/aromatic N) is 2. The smallest absolute Gasteiger partial charge is 0.264 e. The molecule has 0 bridgehead atoms. The first-order chi connectivity index (χ1) is 21.6. The van der Waals surface area contributed by atoms with Crippen LogP contribution in [0.15, 0.2) is 108 Å². The van der Waals surface area contributed by atoms with Crippen molar-refractivity contribution >= 4 is 27.5 Å². The van der Waals surface area contributed by atoms with Gasteiger partial charge in [0.25, 0.3) is 10.0 Å². The van der Waals surface area contributed by atoms with E-state index in [0.29, 0.717) is 12.4 Å². The first kappa shape index (κ1) is 33.1. The van der Waals surface area contributed by atoms with Crippen molar-refractivity contribution in [3.63, 3.8) is 0 Å². The van der Waals surface area contributed by atoms with E-state index in [4.69, 9.17) is 4.74 Å². The van der Waals surface area contributed by atoms with Crippen molar-refractivity contribution in [1.29, 1.82) is 0 Å². The summed E-state index contributed by atoms with van der Waals surface area (Å²) < 4.78 is 63.0. The predicted octanol–water partition coefficient (Wildman–Crippen LogP) is 5.34. The van der Waals surface area contributed by atoms with Crippen molar-refractivity contribution in [2.75, 3.05) is 24.0 Å². The molecule has 4 aromatic carbocycles. The number of ether oxygens (including phenoxy) is 1. The average molecular weight is 636 g/mol. The van der Waals surface area contributed by atoms with Gasteiger partial charge in [0, 0.05) is 25.1 Å². The van der Waals surface area contributed by atoms with Crippen molar-refractivity contribution < 1.29 is 31.5 Å². The van der Waals surface area contributed by atoms with E-state index in [1.807, 2.05) is 25.1 Å².